The number of amides is 1. The number of anilines is 1. The van der Waals surface area contributed by atoms with Crippen molar-refractivity contribution in [3.63, 3.8) is 0 Å². The Morgan fingerprint density at radius 2 is 2.04 bits per heavy atom. The van der Waals surface area contributed by atoms with Gasteiger partial charge in [-0.25, -0.2) is 4.79 Å². The van der Waals surface area contributed by atoms with Crippen LogP contribution in [0.1, 0.15) is 32.8 Å². The molecule has 1 aliphatic heterocycles. The van der Waals surface area contributed by atoms with Gasteiger partial charge in [0.1, 0.15) is 17.1 Å². The molecule has 1 amide bonds. The molecule has 7 heteroatoms. The van der Waals surface area contributed by atoms with Gasteiger partial charge in [-0.2, -0.15) is 5.26 Å². The lowest BCUT2D eigenvalue weighted by atomic mass is 9.85. The highest BCUT2D eigenvalue weighted by molar-refractivity contribution is 5.92. The van der Waals surface area contributed by atoms with Crippen LogP contribution >= 0.6 is 0 Å². The Kier molecular flexibility index (Phi) is 4.68. The van der Waals surface area contributed by atoms with E-state index >= 15 is 0 Å². The second kappa shape index (κ2) is 6.79. The second-order valence-electron chi connectivity index (χ2n) is 7.66. The lowest BCUT2D eigenvalue weighted by Gasteiger charge is -2.29. The van der Waals surface area contributed by atoms with E-state index in [1.54, 1.807) is 18.5 Å². The number of benzene rings is 1. The van der Waals surface area contributed by atoms with E-state index in [0.29, 0.717) is 22.9 Å². The number of nitriles is 1. The van der Waals surface area contributed by atoms with Gasteiger partial charge in [-0.1, -0.05) is 6.92 Å². The van der Waals surface area contributed by atoms with Gasteiger partial charge in [-0.3, -0.25) is 9.97 Å². The molecule has 1 fully saturated rings. The predicted octanol–water partition coefficient (Wildman–Crippen LogP) is 3.01. The largest absolute Gasteiger partial charge is 0.465 e. The molecule has 2 atom stereocenters. The minimum atomic E-state index is -0.995. The molecule has 2 aromatic rings. The van der Waals surface area contributed by atoms with Crippen molar-refractivity contribution in [1.29, 1.82) is 5.26 Å². The minimum Gasteiger partial charge on any atom is -0.465 e. The molecule has 0 radical (unpaired) electrons. The maximum Gasteiger partial charge on any atom is 0.405 e. The number of fused-ring (bicyclic) bond motifs is 1. The first kappa shape index (κ1) is 17.9. The molecule has 2 N–H and O–H groups in total. The summed E-state index contributed by atoms with van der Waals surface area (Å²) < 4.78 is 0. The number of nitrogens with zero attached hydrogens (tertiary/aromatic N) is 4. The average molecular weight is 353 g/mol. The highest BCUT2D eigenvalue weighted by atomic mass is 16.4. The highest BCUT2D eigenvalue weighted by Gasteiger charge is 2.35. The maximum atomic E-state index is 11.0. The summed E-state index contributed by atoms with van der Waals surface area (Å²) in [5, 5.41) is 20.9. The molecular weight excluding hydrogens is 330 g/mol. The summed E-state index contributed by atoms with van der Waals surface area (Å²) >= 11 is 0. The van der Waals surface area contributed by atoms with Crippen LogP contribution in [0.4, 0.5) is 10.5 Å². The number of carbonyl (C=O) groups is 1. The Morgan fingerprint density at radius 1 is 1.35 bits per heavy atom. The third-order valence-electron chi connectivity index (χ3n) is 5.05. The fraction of sp³-hybridized carbons (Fsp3) is 0.474. The topological polar surface area (TPSA) is 102 Å². The van der Waals surface area contributed by atoms with Crippen LogP contribution in [-0.4, -0.2) is 39.8 Å². The van der Waals surface area contributed by atoms with Crippen molar-refractivity contribution in [3.05, 3.63) is 30.1 Å². The van der Waals surface area contributed by atoms with Crippen molar-refractivity contribution in [2.24, 2.45) is 11.8 Å². The van der Waals surface area contributed by atoms with E-state index in [0.717, 1.165) is 30.7 Å². The number of hydrogen-bond acceptors (Lipinski definition) is 5. The summed E-state index contributed by atoms with van der Waals surface area (Å²) in [4.78, 5) is 22.0. The van der Waals surface area contributed by atoms with Gasteiger partial charge in [0.2, 0.25) is 0 Å². The monoisotopic (exact) mass is 353 g/mol. The van der Waals surface area contributed by atoms with E-state index in [2.05, 4.69) is 33.2 Å². The molecule has 1 aliphatic rings. The molecule has 0 aliphatic carbocycles. The van der Waals surface area contributed by atoms with Crippen LogP contribution in [0.15, 0.2) is 24.5 Å². The van der Waals surface area contributed by atoms with Crippen LogP contribution in [0.3, 0.4) is 0 Å². The summed E-state index contributed by atoms with van der Waals surface area (Å²) in [6, 6.07) is 5.90. The molecule has 136 valence electrons. The van der Waals surface area contributed by atoms with E-state index in [4.69, 9.17) is 5.11 Å². The van der Waals surface area contributed by atoms with E-state index in [1.165, 1.54) is 0 Å². The third-order valence-corrected chi connectivity index (χ3v) is 5.05. The van der Waals surface area contributed by atoms with Gasteiger partial charge in [0.15, 0.2) is 0 Å². The molecule has 7 nitrogen and oxygen atoms in total. The Bertz CT molecular complexity index is 874. The molecular formula is C19H23N5O2. The first-order valence-electron chi connectivity index (χ1n) is 8.70. The molecule has 3 rings (SSSR count). The third kappa shape index (κ3) is 3.54. The lowest BCUT2D eigenvalue weighted by molar-refractivity contribution is 0.175. The zero-order valence-electron chi connectivity index (χ0n) is 15.2. The molecule has 0 unspecified atom stereocenters. The van der Waals surface area contributed by atoms with Crippen molar-refractivity contribution >= 4 is 22.8 Å². The Balaban J connectivity index is 1.86. The maximum absolute atomic E-state index is 11.0. The molecule has 0 spiro atoms. The van der Waals surface area contributed by atoms with Crippen molar-refractivity contribution in [2.75, 3.05) is 18.0 Å². The van der Waals surface area contributed by atoms with Gasteiger partial charge in [0.05, 0.1) is 11.3 Å². The van der Waals surface area contributed by atoms with Gasteiger partial charge in [-0.05, 0) is 44.2 Å². The molecule has 0 bridgehead atoms. The number of hydrogen-bond donors (Lipinski definition) is 2. The second-order valence-corrected chi connectivity index (χ2v) is 7.66. The van der Waals surface area contributed by atoms with E-state index in [1.807, 2.05) is 19.9 Å². The van der Waals surface area contributed by atoms with Crippen LogP contribution in [0.2, 0.25) is 0 Å². The molecule has 2 heterocycles. The van der Waals surface area contributed by atoms with Crippen molar-refractivity contribution in [3.8, 4) is 6.07 Å². The first-order valence-corrected chi connectivity index (χ1v) is 8.70. The summed E-state index contributed by atoms with van der Waals surface area (Å²) in [5.41, 5.74) is 2.38. The van der Waals surface area contributed by atoms with Crippen LogP contribution < -0.4 is 10.2 Å². The zero-order chi connectivity index (χ0) is 18.9. The highest BCUT2D eigenvalue weighted by Crippen LogP contribution is 2.36. The average Bonchev–Trinajstić information content (AvgIpc) is 2.92. The minimum absolute atomic E-state index is 0.360. The van der Waals surface area contributed by atoms with Gasteiger partial charge in [0, 0.05) is 31.0 Å². The lowest BCUT2D eigenvalue weighted by Crippen LogP contribution is -2.44. The summed E-state index contributed by atoms with van der Waals surface area (Å²) in [6.07, 6.45) is 3.01. The van der Waals surface area contributed by atoms with Crippen molar-refractivity contribution in [2.45, 2.75) is 32.7 Å². The van der Waals surface area contributed by atoms with E-state index in [9.17, 15) is 10.1 Å². The first-order chi connectivity index (χ1) is 12.3. The van der Waals surface area contributed by atoms with E-state index < -0.39 is 11.6 Å². The van der Waals surface area contributed by atoms with Gasteiger partial charge < -0.3 is 15.3 Å². The Hall–Kier alpha value is -2.88. The summed E-state index contributed by atoms with van der Waals surface area (Å²) in [7, 11) is 0. The SMILES string of the molecule is C[C@H]1CN(c2ccc(C#N)c3nccnc23)C[C@@H]1CC(C)(C)NC(=O)O. The van der Waals surface area contributed by atoms with E-state index in [-0.39, 0.29) is 0 Å². The van der Waals surface area contributed by atoms with Crippen molar-refractivity contribution in [1.82, 2.24) is 15.3 Å². The number of carboxylic acid groups (broad SMARTS) is 1. The van der Waals surface area contributed by atoms with Crippen LogP contribution in [0.5, 0.6) is 0 Å². The predicted molar refractivity (Wildman–Crippen MR) is 99.0 cm³/mol. The normalized spacial score (nSPS) is 20.2. The quantitative estimate of drug-likeness (QED) is 0.876. The van der Waals surface area contributed by atoms with Crippen LogP contribution in [-0.2, 0) is 0 Å². The van der Waals surface area contributed by atoms with Crippen LogP contribution in [0.25, 0.3) is 11.0 Å². The van der Waals surface area contributed by atoms with Crippen molar-refractivity contribution < 1.29 is 9.90 Å². The number of nitrogens with one attached hydrogen (secondary N) is 1. The molecule has 26 heavy (non-hydrogen) atoms. The smallest absolute Gasteiger partial charge is 0.405 e. The molecule has 1 aromatic heterocycles. The van der Waals surface area contributed by atoms with Gasteiger partial charge >= 0.3 is 6.09 Å². The van der Waals surface area contributed by atoms with Crippen LogP contribution in [0, 0.1) is 23.2 Å². The summed E-state index contributed by atoms with van der Waals surface area (Å²) in [6.45, 7) is 7.71. The Morgan fingerprint density at radius 3 is 2.69 bits per heavy atom. The van der Waals surface area contributed by atoms with Gasteiger partial charge in [-0.15, -0.1) is 0 Å². The standard InChI is InChI=1S/C19H23N5O2/c1-12-10-24(11-14(12)8-19(2,3)23-18(25)26)15-5-4-13(9-20)16-17(15)22-7-6-21-16/h4-7,12,14,23H,8,10-11H2,1-3H3,(H,25,26)/t12-,14-/m0/s1. The fourth-order valence-electron chi connectivity index (χ4n) is 3.88. The molecule has 0 saturated carbocycles. The Labute approximate surface area is 152 Å². The fourth-order valence-corrected chi connectivity index (χ4v) is 3.88. The number of rotatable bonds is 4. The number of aromatic nitrogens is 2. The van der Waals surface area contributed by atoms with Gasteiger partial charge in [0.25, 0.3) is 0 Å². The zero-order valence-corrected chi connectivity index (χ0v) is 15.2. The molecule has 1 aromatic carbocycles. The molecule has 1 saturated heterocycles. The summed E-state index contributed by atoms with van der Waals surface area (Å²) in [5.74, 6) is 0.784.